The first kappa shape index (κ1) is 22.2. The molecule has 0 saturated heterocycles. The first-order valence-electron chi connectivity index (χ1n) is 10.9. The highest BCUT2D eigenvalue weighted by molar-refractivity contribution is 5.93. The predicted octanol–water partition coefficient (Wildman–Crippen LogP) is 4.65. The van der Waals surface area contributed by atoms with Gasteiger partial charge in [-0.3, -0.25) is 9.78 Å². The van der Waals surface area contributed by atoms with Gasteiger partial charge >= 0.3 is 0 Å². The van der Waals surface area contributed by atoms with E-state index in [9.17, 15) is 4.79 Å². The van der Waals surface area contributed by atoms with Gasteiger partial charge in [0.05, 0.1) is 12.1 Å². The van der Waals surface area contributed by atoms with E-state index in [0.29, 0.717) is 25.3 Å². The summed E-state index contributed by atoms with van der Waals surface area (Å²) in [5.41, 5.74) is 3.89. The summed E-state index contributed by atoms with van der Waals surface area (Å²) < 4.78 is 5.78. The van der Waals surface area contributed by atoms with Gasteiger partial charge in [-0.2, -0.15) is 0 Å². The number of anilines is 1. The van der Waals surface area contributed by atoms with Crippen LogP contribution in [0.4, 0.5) is 5.82 Å². The lowest BCUT2D eigenvalue weighted by Gasteiger charge is -2.11. The van der Waals surface area contributed by atoms with Crippen molar-refractivity contribution in [3.63, 3.8) is 0 Å². The predicted molar refractivity (Wildman–Crippen MR) is 131 cm³/mol. The van der Waals surface area contributed by atoms with Gasteiger partial charge in [0.2, 0.25) is 5.91 Å². The van der Waals surface area contributed by atoms with Gasteiger partial charge in [-0.1, -0.05) is 18.2 Å². The van der Waals surface area contributed by atoms with Gasteiger partial charge in [-0.25, -0.2) is 9.97 Å². The number of hydrogen-bond acceptors (Lipinski definition) is 6. The molecule has 1 amide bonds. The highest BCUT2D eigenvalue weighted by Crippen LogP contribution is 2.30. The van der Waals surface area contributed by atoms with E-state index in [1.54, 1.807) is 31.4 Å². The molecular weight excluding hydrogens is 414 g/mol. The standard InChI is InChI=1S/C26H27N5O2/c1-27-26-22-16-19(10-13-23(22)29-25(30-26)20-6-4-14-28-17-20)18-8-11-21(12-9-18)33-15-5-7-24(32)31(2)3/h4,6,8-14,16-17H,5,7,15H2,1-3H3,(H,27,29,30). The van der Waals surface area contributed by atoms with Gasteiger partial charge in [0.1, 0.15) is 11.6 Å². The summed E-state index contributed by atoms with van der Waals surface area (Å²) in [5, 5.41) is 4.15. The number of benzene rings is 2. The number of carbonyl (C=O) groups is 1. The fourth-order valence-corrected chi connectivity index (χ4v) is 3.50. The molecule has 2 aromatic carbocycles. The Hall–Kier alpha value is -4.00. The van der Waals surface area contributed by atoms with Crippen molar-refractivity contribution in [1.29, 1.82) is 0 Å². The van der Waals surface area contributed by atoms with Gasteiger partial charge in [0.25, 0.3) is 0 Å². The zero-order valence-corrected chi connectivity index (χ0v) is 19.1. The van der Waals surface area contributed by atoms with E-state index in [0.717, 1.165) is 39.2 Å². The molecule has 0 saturated carbocycles. The van der Waals surface area contributed by atoms with Crippen molar-refractivity contribution in [2.75, 3.05) is 33.1 Å². The molecule has 7 nitrogen and oxygen atoms in total. The summed E-state index contributed by atoms with van der Waals surface area (Å²) in [7, 11) is 5.39. The Morgan fingerprint density at radius 3 is 2.48 bits per heavy atom. The molecule has 7 heteroatoms. The number of rotatable bonds is 8. The van der Waals surface area contributed by atoms with Crippen LogP contribution in [-0.2, 0) is 4.79 Å². The Morgan fingerprint density at radius 1 is 1.00 bits per heavy atom. The number of carbonyl (C=O) groups excluding carboxylic acids is 1. The van der Waals surface area contributed by atoms with Gasteiger partial charge < -0.3 is 15.0 Å². The second-order valence-electron chi connectivity index (χ2n) is 7.88. The maximum Gasteiger partial charge on any atom is 0.222 e. The van der Waals surface area contributed by atoms with Crippen LogP contribution in [0.25, 0.3) is 33.4 Å². The third kappa shape index (κ3) is 5.26. The second-order valence-corrected chi connectivity index (χ2v) is 7.88. The second kappa shape index (κ2) is 10.1. The molecule has 0 spiro atoms. The van der Waals surface area contributed by atoms with Crippen molar-refractivity contribution >= 4 is 22.6 Å². The quantitative estimate of drug-likeness (QED) is 0.401. The summed E-state index contributed by atoms with van der Waals surface area (Å²) in [4.78, 5) is 26.8. The summed E-state index contributed by atoms with van der Waals surface area (Å²) in [5.74, 6) is 2.31. The summed E-state index contributed by atoms with van der Waals surface area (Å²) in [6.07, 6.45) is 4.68. The normalized spacial score (nSPS) is 10.8. The summed E-state index contributed by atoms with van der Waals surface area (Å²) >= 11 is 0. The van der Waals surface area contributed by atoms with E-state index in [-0.39, 0.29) is 5.91 Å². The number of pyridine rings is 1. The fraction of sp³-hybridized carbons (Fsp3) is 0.231. The highest BCUT2D eigenvalue weighted by atomic mass is 16.5. The number of nitrogens with one attached hydrogen (secondary N) is 1. The van der Waals surface area contributed by atoms with Crippen molar-refractivity contribution in [3.05, 3.63) is 67.0 Å². The van der Waals surface area contributed by atoms with Crippen LogP contribution in [0.3, 0.4) is 0 Å². The molecule has 1 N–H and O–H groups in total. The van der Waals surface area contributed by atoms with Gasteiger partial charge in [0, 0.05) is 50.9 Å². The molecule has 4 aromatic rings. The minimum absolute atomic E-state index is 0.114. The average molecular weight is 442 g/mol. The Balaban J connectivity index is 1.51. The van der Waals surface area contributed by atoms with Crippen LogP contribution in [0.1, 0.15) is 12.8 Å². The van der Waals surface area contributed by atoms with Crippen molar-refractivity contribution in [1.82, 2.24) is 19.9 Å². The smallest absolute Gasteiger partial charge is 0.222 e. The molecule has 0 atom stereocenters. The number of amides is 1. The van der Waals surface area contributed by atoms with Gasteiger partial charge in [-0.15, -0.1) is 0 Å². The van der Waals surface area contributed by atoms with E-state index < -0.39 is 0 Å². The third-order valence-corrected chi connectivity index (χ3v) is 5.34. The van der Waals surface area contributed by atoms with E-state index in [4.69, 9.17) is 14.7 Å². The lowest BCUT2D eigenvalue weighted by molar-refractivity contribution is -0.128. The maximum atomic E-state index is 11.6. The zero-order chi connectivity index (χ0) is 23.2. The Kier molecular flexibility index (Phi) is 6.78. The van der Waals surface area contributed by atoms with Gasteiger partial charge in [0.15, 0.2) is 5.82 Å². The van der Waals surface area contributed by atoms with Crippen LogP contribution in [0.15, 0.2) is 67.0 Å². The molecule has 0 aliphatic rings. The molecule has 2 heterocycles. The molecule has 0 unspecified atom stereocenters. The fourth-order valence-electron chi connectivity index (χ4n) is 3.50. The zero-order valence-electron chi connectivity index (χ0n) is 19.1. The lowest BCUT2D eigenvalue weighted by Crippen LogP contribution is -2.21. The Morgan fingerprint density at radius 2 is 1.79 bits per heavy atom. The molecule has 33 heavy (non-hydrogen) atoms. The molecule has 0 radical (unpaired) electrons. The highest BCUT2D eigenvalue weighted by Gasteiger charge is 2.10. The minimum atomic E-state index is 0.114. The van der Waals surface area contributed by atoms with Crippen molar-refractivity contribution < 1.29 is 9.53 Å². The summed E-state index contributed by atoms with van der Waals surface area (Å²) in [6, 6.07) is 18.0. The first-order valence-corrected chi connectivity index (χ1v) is 10.9. The largest absolute Gasteiger partial charge is 0.494 e. The Labute approximate surface area is 193 Å². The van der Waals surface area contributed by atoms with Crippen molar-refractivity contribution in [2.24, 2.45) is 0 Å². The lowest BCUT2D eigenvalue weighted by atomic mass is 10.0. The minimum Gasteiger partial charge on any atom is -0.494 e. The average Bonchev–Trinajstić information content (AvgIpc) is 2.86. The molecule has 168 valence electrons. The van der Waals surface area contributed by atoms with Crippen LogP contribution in [0.5, 0.6) is 5.75 Å². The SMILES string of the molecule is CNc1nc(-c2cccnc2)nc2ccc(-c3ccc(OCCCC(=O)N(C)C)cc3)cc12. The van der Waals surface area contributed by atoms with E-state index in [1.165, 1.54) is 0 Å². The van der Waals surface area contributed by atoms with Crippen LogP contribution in [-0.4, -0.2) is 53.5 Å². The number of aromatic nitrogens is 3. The number of ether oxygens (including phenoxy) is 1. The monoisotopic (exact) mass is 441 g/mol. The van der Waals surface area contributed by atoms with Crippen molar-refractivity contribution in [2.45, 2.75) is 12.8 Å². The first-order chi connectivity index (χ1) is 16.0. The third-order valence-electron chi connectivity index (χ3n) is 5.34. The maximum absolute atomic E-state index is 11.6. The van der Waals surface area contributed by atoms with E-state index in [1.807, 2.05) is 49.5 Å². The van der Waals surface area contributed by atoms with Crippen molar-refractivity contribution in [3.8, 4) is 28.3 Å². The Bertz CT molecular complexity index is 1240. The molecule has 0 fully saturated rings. The molecular formula is C26H27N5O2. The molecule has 0 aliphatic heterocycles. The summed E-state index contributed by atoms with van der Waals surface area (Å²) in [6.45, 7) is 0.511. The molecule has 0 aliphatic carbocycles. The van der Waals surface area contributed by atoms with Crippen LogP contribution < -0.4 is 10.1 Å². The molecule has 4 rings (SSSR count). The molecule has 0 bridgehead atoms. The topological polar surface area (TPSA) is 80.2 Å². The van der Waals surface area contributed by atoms with E-state index in [2.05, 4.69) is 22.4 Å². The van der Waals surface area contributed by atoms with Crippen LogP contribution >= 0.6 is 0 Å². The van der Waals surface area contributed by atoms with Crippen LogP contribution in [0, 0.1) is 0 Å². The molecule has 2 aromatic heterocycles. The number of hydrogen-bond donors (Lipinski definition) is 1. The number of fused-ring (bicyclic) bond motifs is 1. The van der Waals surface area contributed by atoms with Crippen LogP contribution in [0.2, 0.25) is 0 Å². The van der Waals surface area contributed by atoms with E-state index >= 15 is 0 Å². The number of nitrogens with zero attached hydrogens (tertiary/aromatic N) is 4. The van der Waals surface area contributed by atoms with Gasteiger partial charge in [-0.05, 0) is 53.9 Å².